The minimum absolute atomic E-state index is 0.0258. The van der Waals surface area contributed by atoms with Gasteiger partial charge in [-0.15, -0.1) is 11.3 Å². The fourth-order valence-corrected chi connectivity index (χ4v) is 2.56. The lowest BCUT2D eigenvalue weighted by Crippen LogP contribution is -2.30. The van der Waals surface area contributed by atoms with Crippen molar-refractivity contribution in [2.45, 2.75) is 12.8 Å². The molecular weight excluding hydrogens is 234 g/mol. The van der Waals surface area contributed by atoms with Gasteiger partial charge in [0.2, 0.25) is 5.91 Å². The standard InChI is InChI=1S/C10H10ClNO2S/c11-9-4-3-8(15-9)7(13)6-12-5-1-2-10(12)14/h3-4H,1-2,5-6H2. The Kier molecular flexibility index (Phi) is 3.07. The summed E-state index contributed by atoms with van der Waals surface area (Å²) in [6.45, 7) is 0.888. The number of ketones is 1. The molecule has 2 heterocycles. The minimum Gasteiger partial charge on any atom is -0.335 e. The van der Waals surface area contributed by atoms with Gasteiger partial charge in [0.25, 0.3) is 0 Å². The molecule has 1 amide bonds. The van der Waals surface area contributed by atoms with Gasteiger partial charge >= 0.3 is 0 Å². The fraction of sp³-hybridized carbons (Fsp3) is 0.400. The molecule has 0 N–H and O–H groups in total. The summed E-state index contributed by atoms with van der Waals surface area (Å²) in [6.07, 6.45) is 1.43. The molecule has 0 atom stereocenters. The third-order valence-electron chi connectivity index (χ3n) is 2.35. The molecule has 0 radical (unpaired) electrons. The number of thiophene rings is 1. The molecule has 3 nitrogen and oxygen atoms in total. The van der Waals surface area contributed by atoms with Crippen LogP contribution >= 0.6 is 22.9 Å². The Morgan fingerprint density at radius 3 is 2.87 bits per heavy atom. The maximum Gasteiger partial charge on any atom is 0.223 e. The number of carbonyl (C=O) groups excluding carboxylic acids is 2. The maximum atomic E-state index is 11.7. The van der Waals surface area contributed by atoms with Gasteiger partial charge in [0, 0.05) is 13.0 Å². The molecule has 1 aromatic heterocycles. The van der Waals surface area contributed by atoms with Gasteiger partial charge in [-0.1, -0.05) is 11.6 Å². The monoisotopic (exact) mass is 243 g/mol. The van der Waals surface area contributed by atoms with Crippen LogP contribution in [0.1, 0.15) is 22.5 Å². The van der Waals surface area contributed by atoms with E-state index in [9.17, 15) is 9.59 Å². The Morgan fingerprint density at radius 2 is 2.33 bits per heavy atom. The first-order valence-electron chi connectivity index (χ1n) is 4.73. The molecule has 15 heavy (non-hydrogen) atoms. The summed E-state index contributed by atoms with van der Waals surface area (Å²) >= 11 is 6.99. The average Bonchev–Trinajstić information content (AvgIpc) is 2.77. The Bertz CT molecular complexity index is 402. The van der Waals surface area contributed by atoms with Gasteiger partial charge in [-0.25, -0.2) is 0 Å². The van der Waals surface area contributed by atoms with Gasteiger partial charge in [0.15, 0.2) is 5.78 Å². The van der Waals surface area contributed by atoms with Crippen molar-refractivity contribution >= 4 is 34.6 Å². The van der Waals surface area contributed by atoms with E-state index in [1.54, 1.807) is 17.0 Å². The molecule has 1 aromatic rings. The molecular formula is C10H10ClNO2S. The van der Waals surface area contributed by atoms with Crippen molar-refractivity contribution in [3.63, 3.8) is 0 Å². The summed E-state index contributed by atoms with van der Waals surface area (Å²) in [6, 6.07) is 3.40. The van der Waals surface area contributed by atoms with Gasteiger partial charge in [-0.2, -0.15) is 0 Å². The van der Waals surface area contributed by atoms with Crippen LogP contribution in [0, 0.1) is 0 Å². The number of rotatable bonds is 3. The molecule has 1 fully saturated rings. The SMILES string of the molecule is O=C(CN1CCCC1=O)c1ccc(Cl)s1. The number of hydrogen-bond donors (Lipinski definition) is 0. The summed E-state index contributed by atoms with van der Waals surface area (Å²) in [5, 5.41) is 0. The first kappa shape index (κ1) is 10.6. The Hall–Kier alpha value is -0.870. The van der Waals surface area contributed by atoms with E-state index in [0.717, 1.165) is 6.42 Å². The minimum atomic E-state index is -0.0258. The van der Waals surface area contributed by atoms with E-state index in [-0.39, 0.29) is 18.2 Å². The average molecular weight is 244 g/mol. The van der Waals surface area contributed by atoms with Crippen LogP contribution in [-0.4, -0.2) is 29.7 Å². The molecule has 0 aliphatic carbocycles. The van der Waals surface area contributed by atoms with E-state index in [4.69, 9.17) is 11.6 Å². The molecule has 0 unspecified atom stereocenters. The highest BCUT2D eigenvalue weighted by Crippen LogP contribution is 2.22. The van der Waals surface area contributed by atoms with Crippen molar-refractivity contribution in [2.75, 3.05) is 13.1 Å². The Labute approximate surface area is 96.6 Å². The number of carbonyl (C=O) groups is 2. The zero-order valence-corrected chi connectivity index (χ0v) is 9.61. The number of halogens is 1. The van der Waals surface area contributed by atoms with Gasteiger partial charge in [-0.05, 0) is 18.6 Å². The lowest BCUT2D eigenvalue weighted by molar-refractivity contribution is -0.127. The van der Waals surface area contributed by atoms with E-state index < -0.39 is 0 Å². The molecule has 0 bridgehead atoms. The number of nitrogens with zero attached hydrogens (tertiary/aromatic N) is 1. The van der Waals surface area contributed by atoms with Crippen LogP contribution in [0.3, 0.4) is 0 Å². The van der Waals surface area contributed by atoms with Crippen molar-refractivity contribution in [3.05, 3.63) is 21.3 Å². The number of amides is 1. The quantitative estimate of drug-likeness (QED) is 0.764. The zero-order chi connectivity index (χ0) is 10.8. The molecule has 0 saturated carbocycles. The van der Waals surface area contributed by atoms with Crippen LogP contribution in [0.25, 0.3) is 0 Å². The number of likely N-dealkylation sites (tertiary alicyclic amines) is 1. The molecule has 0 spiro atoms. The van der Waals surface area contributed by atoms with E-state index in [1.165, 1.54) is 11.3 Å². The Balaban J connectivity index is 2.00. The first-order chi connectivity index (χ1) is 7.16. The second-order valence-electron chi connectivity index (χ2n) is 3.45. The first-order valence-corrected chi connectivity index (χ1v) is 5.92. The fourth-order valence-electron chi connectivity index (χ4n) is 1.59. The zero-order valence-electron chi connectivity index (χ0n) is 8.03. The van der Waals surface area contributed by atoms with Crippen molar-refractivity contribution in [3.8, 4) is 0 Å². The normalized spacial score (nSPS) is 16.1. The van der Waals surface area contributed by atoms with Crippen LogP contribution in [-0.2, 0) is 4.79 Å². The summed E-state index contributed by atoms with van der Waals surface area (Å²) in [4.78, 5) is 25.2. The highest BCUT2D eigenvalue weighted by molar-refractivity contribution is 7.18. The summed E-state index contributed by atoms with van der Waals surface area (Å²) in [5.41, 5.74) is 0. The summed E-state index contributed by atoms with van der Waals surface area (Å²) in [7, 11) is 0. The smallest absolute Gasteiger partial charge is 0.223 e. The van der Waals surface area contributed by atoms with Crippen LogP contribution in [0.15, 0.2) is 12.1 Å². The molecule has 1 aliphatic rings. The third kappa shape index (κ3) is 2.38. The number of hydrogen-bond acceptors (Lipinski definition) is 3. The van der Waals surface area contributed by atoms with Crippen LogP contribution in [0.2, 0.25) is 4.34 Å². The van der Waals surface area contributed by atoms with Crippen LogP contribution in [0.4, 0.5) is 0 Å². The van der Waals surface area contributed by atoms with Gasteiger partial charge in [0.1, 0.15) is 0 Å². The van der Waals surface area contributed by atoms with Crippen molar-refractivity contribution in [1.82, 2.24) is 4.90 Å². The second kappa shape index (κ2) is 4.33. The summed E-state index contributed by atoms with van der Waals surface area (Å²) in [5.74, 6) is 0.0492. The van der Waals surface area contributed by atoms with Crippen molar-refractivity contribution < 1.29 is 9.59 Å². The second-order valence-corrected chi connectivity index (χ2v) is 5.16. The maximum absolute atomic E-state index is 11.7. The Morgan fingerprint density at radius 1 is 1.53 bits per heavy atom. The van der Waals surface area contributed by atoms with E-state index in [0.29, 0.717) is 22.2 Å². The number of Topliss-reactive ketones (excluding diaryl/α,β-unsaturated/α-hetero) is 1. The molecule has 1 saturated heterocycles. The predicted molar refractivity (Wildman–Crippen MR) is 59.5 cm³/mol. The molecule has 2 rings (SSSR count). The molecule has 80 valence electrons. The van der Waals surface area contributed by atoms with Gasteiger partial charge in [0.05, 0.1) is 15.8 Å². The van der Waals surface area contributed by atoms with E-state index in [2.05, 4.69) is 0 Å². The lowest BCUT2D eigenvalue weighted by atomic mass is 10.3. The topological polar surface area (TPSA) is 37.4 Å². The third-order valence-corrected chi connectivity index (χ3v) is 3.63. The van der Waals surface area contributed by atoms with Crippen LogP contribution in [0.5, 0.6) is 0 Å². The largest absolute Gasteiger partial charge is 0.335 e. The highest BCUT2D eigenvalue weighted by Gasteiger charge is 2.23. The lowest BCUT2D eigenvalue weighted by Gasteiger charge is -2.13. The van der Waals surface area contributed by atoms with Crippen molar-refractivity contribution in [2.24, 2.45) is 0 Å². The van der Waals surface area contributed by atoms with Crippen LogP contribution < -0.4 is 0 Å². The van der Waals surface area contributed by atoms with E-state index >= 15 is 0 Å². The summed E-state index contributed by atoms with van der Waals surface area (Å²) < 4.78 is 0.603. The molecule has 5 heteroatoms. The molecule has 0 aromatic carbocycles. The van der Waals surface area contributed by atoms with Crippen molar-refractivity contribution in [1.29, 1.82) is 0 Å². The highest BCUT2D eigenvalue weighted by atomic mass is 35.5. The molecule has 1 aliphatic heterocycles. The van der Waals surface area contributed by atoms with Gasteiger partial charge < -0.3 is 4.90 Å². The van der Waals surface area contributed by atoms with E-state index in [1.807, 2.05) is 0 Å². The predicted octanol–water partition coefficient (Wildman–Crippen LogP) is 2.21. The van der Waals surface area contributed by atoms with Gasteiger partial charge in [-0.3, -0.25) is 9.59 Å².